The molecular formula is C21H16N2O5. The Hall–Kier alpha value is -4.13. The van der Waals surface area contributed by atoms with E-state index in [2.05, 4.69) is 10.6 Å². The second kappa shape index (κ2) is 8.50. The number of rotatable bonds is 6. The Kier molecular flexibility index (Phi) is 5.66. The molecule has 7 nitrogen and oxygen atoms in total. The molecule has 1 heterocycles. The SMILES string of the molecule is O=C(Nc1ccc(C(=O)O)cc1)C(=Cc1ccco1)NC(=O)c1ccccc1. The minimum atomic E-state index is -1.06. The Balaban J connectivity index is 1.81. The van der Waals surface area contributed by atoms with Crippen LogP contribution >= 0.6 is 0 Å². The van der Waals surface area contributed by atoms with Gasteiger partial charge in [0.1, 0.15) is 11.5 Å². The second-order valence-electron chi connectivity index (χ2n) is 5.73. The second-order valence-corrected chi connectivity index (χ2v) is 5.73. The number of anilines is 1. The summed E-state index contributed by atoms with van der Waals surface area (Å²) in [5, 5.41) is 14.1. The van der Waals surface area contributed by atoms with Crippen molar-refractivity contribution in [1.29, 1.82) is 0 Å². The number of nitrogens with one attached hydrogen (secondary N) is 2. The van der Waals surface area contributed by atoms with E-state index in [-0.39, 0.29) is 11.3 Å². The molecule has 28 heavy (non-hydrogen) atoms. The summed E-state index contributed by atoms with van der Waals surface area (Å²) in [5.41, 5.74) is 0.855. The summed E-state index contributed by atoms with van der Waals surface area (Å²) >= 11 is 0. The van der Waals surface area contributed by atoms with E-state index in [1.807, 2.05) is 0 Å². The maximum absolute atomic E-state index is 12.7. The molecule has 0 atom stereocenters. The van der Waals surface area contributed by atoms with Gasteiger partial charge in [-0.2, -0.15) is 0 Å². The van der Waals surface area contributed by atoms with Crippen LogP contribution in [0.3, 0.4) is 0 Å². The van der Waals surface area contributed by atoms with E-state index < -0.39 is 17.8 Å². The zero-order chi connectivity index (χ0) is 19.9. The lowest BCUT2D eigenvalue weighted by Gasteiger charge is -2.11. The van der Waals surface area contributed by atoms with Crippen molar-refractivity contribution >= 4 is 29.5 Å². The summed E-state index contributed by atoms with van der Waals surface area (Å²) in [6.07, 6.45) is 2.85. The maximum atomic E-state index is 12.7. The van der Waals surface area contributed by atoms with Crippen molar-refractivity contribution in [3.05, 3.63) is 95.6 Å². The molecule has 3 rings (SSSR count). The molecule has 3 N–H and O–H groups in total. The summed E-state index contributed by atoms with van der Waals surface area (Å²) < 4.78 is 5.22. The van der Waals surface area contributed by atoms with Crippen LogP contribution in [0.25, 0.3) is 6.08 Å². The van der Waals surface area contributed by atoms with Gasteiger partial charge in [0, 0.05) is 17.3 Å². The van der Waals surface area contributed by atoms with E-state index in [1.54, 1.807) is 42.5 Å². The molecule has 0 spiro atoms. The number of carboxylic acid groups (broad SMARTS) is 1. The number of carbonyl (C=O) groups excluding carboxylic acids is 2. The van der Waals surface area contributed by atoms with E-state index in [9.17, 15) is 14.4 Å². The Morgan fingerprint density at radius 3 is 2.18 bits per heavy atom. The van der Waals surface area contributed by atoms with Gasteiger partial charge in [-0.15, -0.1) is 0 Å². The fourth-order valence-corrected chi connectivity index (χ4v) is 2.35. The average molecular weight is 376 g/mol. The lowest BCUT2D eigenvalue weighted by Crippen LogP contribution is -2.30. The quantitative estimate of drug-likeness (QED) is 0.572. The van der Waals surface area contributed by atoms with Crippen molar-refractivity contribution < 1.29 is 23.9 Å². The highest BCUT2D eigenvalue weighted by atomic mass is 16.4. The molecule has 0 aliphatic carbocycles. The molecule has 0 aliphatic rings. The summed E-state index contributed by atoms with van der Waals surface area (Å²) in [6, 6.07) is 17.4. The Morgan fingerprint density at radius 2 is 1.57 bits per heavy atom. The number of hydrogen-bond acceptors (Lipinski definition) is 4. The van der Waals surface area contributed by atoms with Gasteiger partial charge in [-0.3, -0.25) is 9.59 Å². The van der Waals surface area contributed by atoms with Gasteiger partial charge in [0.25, 0.3) is 11.8 Å². The van der Waals surface area contributed by atoms with Crippen LogP contribution in [-0.2, 0) is 4.79 Å². The minimum absolute atomic E-state index is 0.0221. The van der Waals surface area contributed by atoms with Gasteiger partial charge < -0.3 is 20.2 Å². The molecule has 0 saturated heterocycles. The number of carboxylic acids is 1. The summed E-state index contributed by atoms with van der Waals surface area (Å²) in [7, 11) is 0. The molecule has 3 aromatic rings. The fraction of sp³-hybridized carbons (Fsp3) is 0. The molecular weight excluding hydrogens is 360 g/mol. The molecule has 0 aliphatic heterocycles. The molecule has 0 unspecified atom stereocenters. The van der Waals surface area contributed by atoms with Gasteiger partial charge in [0.15, 0.2) is 0 Å². The van der Waals surface area contributed by atoms with Gasteiger partial charge >= 0.3 is 5.97 Å². The van der Waals surface area contributed by atoms with Crippen LogP contribution in [0.2, 0.25) is 0 Å². The van der Waals surface area contributed by atoms with E-state index >= 15 is 0 Å². The Labute approximate surface area is 160 Å². The van der Waals surface area contributed by atoms with Crippen molar-refractivity contribution in [3.63, 3.8) is 0 Å². The van der Waals surface area contributed by atoms with E-state index in [4.69, 9.17) is 9.52 Å². The molecule has 0 bridgehead atoms. The van der Waals surface area contributed by atoms with Crippen LogP contribution in [0.1, 0.15) is 26.5 Å². The lowest BCUT2D eigenvalue weighted by atomic mass is 10.2. The van der Waals surface area contributed by atoms with Crippen LogP contribution in [0.4, 0.5) is 5.69 Å². The normalized spacial score (nSPS) is 10.9. The van der Waals surface area contributed by atoms with Crippen molar-refractivity contribution in [2.24, 2.45) is 0 Å². The fourth-order valence-electron chi connectivity index (χ4n) is 2.35. The third-order valence-electron chi connectivity index (χ3n) is 3.75. The monoisotopic (exact) mass is 376 g/mol. The van der Waals surface area contributed by atoms with Crippen molar-refractivity contribution in [2.75, 3.05) is 5.32 Å². The predicted molar refractivity (Wildman–Crippen MR) is 103 cm³/mol. The highest BCUT2D eigenvalue weighted by Gasteiger charge is 2.16. The highest BCUT2D eigenvalue weighted by molar-refractivity contribution is 6.10. The lowest BCUT2D eigenvalue weighted by molar-refractivity contribution is -0.113. The molecule has 2 aromatic carbocycles. The van der Waals surface area contributed by atoms with E-state index in [0.29, 0.717) is 17.0 Å². The van der Waals surface area contributed by atoms with E-state index in [1.165, 1.54) is 36.6 Å². The first kappa shape index (κ1) is 18.7. The highest BCUT2D eigenvalue weighted by Crippen LogP contribution is 2.13. The molecule has 0 radical (unpaired) electrons. The number of hydrogen-bond donors (Lipinski definition) is 3. The predicted octanol–water partition coefficient (Wildman–Crippen LogP) is 3.39. The Morgan fingerprint density at radius 1 is 0.857 bits per heavy atom. The number of carbonyl (C=O) groups is 3. The zero-order valence-corrected chi connectivity index (χ0v) is 14.6. The largest absolute Gasteiger partial charge is 0.478 e. The van der Waals surface area contributed by atoms with Gasteiger partial charge in [-0.1, -0.05) is 18.2 Å². The molecule has 0 saturated carbocycles. The molecule has 2 amide bonds. The van der Waals surface area contributed by atoms with Crippen LogP contribution in [0.5, 0.6) is 0 Å². The van der Waals surface area contributed by atoms with Gasteiger partial charge in [0.05, 0.1) is 11.8 Å². The van der Waals surface area contributed by atoms with Gasteiger partial charge in [-0.25, -0.2) is 4.79 Å². The summed E-state index contributed by atoms with van der Waals surface area (Å²) in [5.74, 6) is -1.70. The topological polar surface area (TPSA) is 109 Å². The smallest absolute Gasteiger partial charge is 0.335 e. The molecule has 0 fully saturated rings. The van der Waals surface area contributed by atoms with Crippen LogP contribution in [0, 0.1) is 0 Å². The Bertz CT molecular complexity index is 1010. The number of furan rings is 1. The summed E-state index contributed by atoms with van der Waals surface area (Å²) in [6.45, 7) is 0. The number of amides is 2. The standard InChI is InChI=1S/C21H16N2O5/c24-19(14-5-2-1-3-6-14)23-18(13-17-7-4-12-28-17)20(25)22-16-10-8-15(9-11-16)21(26)27/h1-13H,(H,22,25)(H,23,24)(H,26,27). The summed E-state index contributed by atoms with van der Waals surface area (Å²) in [4.78, 5) is 36.0. The molecule has 1 aromatic heterocycles. The first-order valence-electron chi connectivity index (χ1n) is 8.29. The van der Waals surface area contributed by atoms with Gasteiger partial charge in [0.2, 0.25) is 0 Å². The van der Waals surface area contributed by atoms with Gasteiger partial charge in [-0.05, 0) is 48.5 Å². The first-order valence-corrected chi connectivity index (χ1v) is 8.29. The van der Waals surface area contributed by atoms with Crippen molar-refractivity contribution in [2.45, 2.75) is 0 Å². The minimum Gasteiger partial charge on any atom is -0.478 e. The third kappa shape index (κ3) is 4.73. The molecule has 7 heteroatoms. The van der Waals surface area contributed by atoms with Crippen LogP contribution < -0.4 is 10.6 Å². The molecule has 140 valence electrons. The van der Waals surface area contributed by atoms with Crippen LogP contribution in [0.15, 0.2) is 83.1 Å². The zero-order valence-electron chi connectivity index (χ0n) is 14.6. The van der Waals surface area contributed by atoms with Crippen molar-refractivity contribution in [1.82, 2.24) is 5.32 Å². The third-order valence-corrected chi connectivity index (χ3v) is 3.75. The van der Waals surface area contributed by atoms with Crippen LogP contribution in [-0.4, -0.2) is 22.9 Å². The van der Waals surface area contributed by atoms with Crippen molar-refractivity contribution in [3.8, 4) is 0 Å². The van der Waals surface area contributed by atoms with E-state index in [0.717, 1.165) is 0 Å². The first-order chi connectivity index (χ1) is 13.5. The maximum Gasteiger partial charge on any atom is 0.335 e. The number of benzene rings is 2. The average Bonchev–Trinajstić information content (AvgIpc) is 3.21. The number of aromatic carboxylic acids is 1.